The molecule has 5 heteroatoms. The van der Waals surface area contributed by atoms with Gasteiger partial charge in [-0.05, 0) is 58.4 Å². The van der Waals surface area contributed by atoms with E-state index in [1.807, 2.05) is 0 Å². The van der Waals surface area contributed by atoms with Crippen molar-refractivity contribution in [3.8, 4) is 5.75 Å². The summed E-state index contributed by atoms with van der Waals surface area (Å²) in [6.07, 6.45) is 2.68. The monoisotopic (exact) mass is 416 g/mol. The Bertz CT molecular complexity index is 589. The second-order valence-corrected chi connectivity index (χ2v) is 10.0. The number of phenolic OH excluding ortho intramolecular Hbond substituents is 1. The summed E-state index contributed by atoms with van der Waals surface area (Å²) in [7, 11) is 0. The molecule has 156 valence electrons. The lowest BCUT2D eigenvalue weighted by atomic mass is 9.77. The Kier molecular flexibility index (Phi) is 8.10. The summed E-state index contributed by atoms with van der Waals surface area (Å²) in [6, 6.07) is 5.11. The highest BCUT2D eigenvalue weighted by Crippen LogP contribution is 2.48. The van der Waals surface area contributed by atoms with Crippen molar-refractivity contribution < 1.29 is 5.11 Å². The van der Waals surface area contributed by atoms with E-state index in [0.717, 1.165) is 43.2 Å². The van der Waals surface area contributed by atoms with E-state index in [-0.39, 0.29) is 35.6 Å². The number of hydrogen-bond donors (Lipinski definition) is 2. The highest BCUT2D eigenvalue weighted by atomic mass is 35.5. The minimum absolute atomic E-state index is 0. The van der Waals surface area contributed by atoms with E-state index in [1.165, 1.54) is 18.4 Å². The molecule has 1 atom stereocenters. The van der Waals surface area contributed by atoms with E-state index in [2.05, 4.69) is 63.9 Å². The van der Waals surface area contributed by atoms with E-state index in [0.29, 0.717) is 11.8 Å². The molecule has 1 aromatic rings. The van der Waals surface area contributed by atoms with E-state index in [1.54, 1.807) is 0 Å². The van der Waals surface area contributed by atoms with Crippen LogP contribution < -0.4 is 5.32 Å². The van der Waals surface area contributed by atoms with Gasteiger partial charge in [-0.1, -0.05) is 41.5 Å². The van der Waals surface area contributed by atoms with Crippen LogP contribution in [0.3, 0.4) is 0 Å². The molecule has 0 aromatic heterocycles. The molecule has 0 bridgehead atoms. The molecule has 2 aliphatic rings. The van der Waals surface area contributed by atoms with Crippen LogP contribution in [-0.4, -0.2) is 36.2 Å². The zero-order chi connectivity index (χ0) is 18.4. The first-order chi connectivity index (χ1) is 11.6. The second-order valence-electron chi connectivity index (χ2n) is 10.0. The van der Waals surface area contributed by atoms with Crippen LogP contribution in [0.1, 0.15) is 77.1 Å². The first-order valence-electron chi connectivity index (χ1n) is 9.91. The summed E-state index contributed by atoms with van der Waals surface area (Å²) in [5, 5.41) is 14.5. The predicted molar refractivity (Wildman–Crippen MR) is 120 cm³/mol. The van der Waals surface area contributed by atoms with E-state index in [4.69, 9.17) is 0 Å². The molecule has 1 aliphatic carbocycles. The fourth-order valence-electron chi connectivity index (χ4n) is 4.12. The van der Waals surface area contributed by atoms with Gasteiger partial charge in [0, 0.05) is 32.2 Å². The lowest BCUT2D eigenvalue weighted by Crippen LogP contribution is -2.45. The summed E-state index contributed by atoms with van der Waals surface area (Å²) in [4.78, 5) is 2.67. The number of rotatable bonds is 3. The minimum atomic E-state index is -0.0579. The van der Waals surface area contributed by atoms with Crippen molar-refractivity contribution in [2.24, 2.45) is 5.92 Å². The van der Waals surface area contributed by atoms with Crippen LogP contribution in [0, 0.1) is 5.92 Å². The van der Waals surface area contributed by atoms with Crippen LogP contribution in [-0.2, 0) is 10.8 Å². The summed E-state index contributed by atoms with van der Waals surface area (Å²) in [5.74, 6) is 1.28. The Morgan fingerprint density at radius 2 is 1.37 bits per heavy atom. The fraction of sp³-hybridized carbons (Fsp3) is 0.727. The molecular formula is C22H38Cl2N2O. The third kappa shape index (κ3) is 5.53. The van der Waals surface area contributed by atoms with Crippen molar-refractivity contribution in [3.63, 3.8) is 0 Å². The molecule has 3 nitrogen and oxygen atoms in total. The van der Waals surface area contributed by atoms with Gasteiger partial charge in [-0.2, -0.15) is 0 Å². The maximum Gasteiger partial charge on any atom is 0.123 e. The molecular weight excluding hydrogens is 379 g/mol. The minimum Gasteiger partial charge on any atom is -0.507 e. The van der Waals surface area contributed by atoms with Crippen LogP contribution >= 0.6 is 24.8 Å². The van der Waals surface area contributed by atoms with Crippen molar-refractivity contribution in [2.75, 3.05) is 26.2 Å². The summed E-state index contributed by atoms with van der Waals surface area (Å²) >= 11 is 0. The topological polar surface area (TPSA) is 35.5 Å². The number of aromatic hydroxyl groups is 1. The average molecular weight is 417 g/mol. The Balaban J connectivity index is 0.00000182. The Morgan fingerprint density at radius 1 is 0.926 bits per heavy atom. The van der Waals surface area contributed by atoms with Crippen LogP contribution in [0.25, 0.3) is 0 Å². The van der Waals surface area contributed by atoms with E-state index < -0.39 is 0 Å². The zero-order valence-electron chi connectivity index (χ0n) is 17.8. The third-order valence-electron chi connectivity index (χ3n) is 5.70. The molecule has 1 saturated carbocycles. The number of nitrogens with zero attached hydrogens (tertiary/aromatic N) is 1. The molecule has 1 saturated heterocycles. The molecule has 0 amide bonds. The predicted octanol–water partition coefficient (Wildman–Crippen LogP) is 5.19. The molecule has 1 aromatic carbocycles. The number of benzene rings is 1. The quantitative estimate of drug-likeness (QED) is 0.711. The van der Waals surface area contributed by atoms with Gasteiger partial charge in [0.15, 0.2) is 0 Å². The van der Waals surface area contributed by atoms with Gasteiger partial charge in [-0.15, -0.1) is 24.8 Å². The third-order valence-corrected chi connectivity index (χ3v) is 5.70. The van der Waals surface area contributed by atoms with Crippen molar-refractivity contribution >= 4 is 24.8 Å². The van der Waals surface area contributed by atoms with E-state index in [9.17, 15) is 5.11 Å². The van der Waals surface area contributed by atoms with Gasteiger partial charge in [0.1, 0.15) is 5.75 Å². The van der Waals surface area contributed by atoms with Gasteiger partial charge in [-0.25, -0.2) is 0 Å². The standard InChI is InChI=1S/C22H36N2O.2ClH/c1-21(2,3)17-13-16(14-18(20(17)25)22(4,5)6)19(15-7-8-15)24-11-9-23-10-12-24;;/h13-15,19,23,25H,7-12H2,1-6H3;2*1H/t19-;;/m0../s1. The van der Waals surface area contributed by atoms with Gasteiger partial charge in [0.2, 0.25) is 0 Å². The molecule has 2 N–H and O–H groups in total. The molecule has 0 spiro atoms. The van der Waals surface area contributed by atoms with Crippen molar-refractivity contribution in [2.45, 2.75) is 71.3 Å². The van der Waals surface area contributed by atoms with Crippen LogP contribution in [0.4, 0.5) is 0 Å². The lowest BCUT2D eigenvalue weighted by molar-refractivity contribution is 0.156. The molecule has 0 radical (unpaired) electrons. The normalized spacial score (nSPS) is 19.8. The SMILES string of the molecule is CC(C)(C)c1cc([C@H](C2CC2)N2CCNCC2)cc(C(C)(C)C)c1O.Cl.Cl. The number of halogens is 2. The first kappa shape index (κ1) is 24.6. The van der Waals surface area contributed by atoms with E-state index >= 15 is 0 Å². The van der Waals surface area contributed by atoms with Gasteiger partial charge in [-0.3, -0.25) is 4.90 Å². The Morgan fingerprint density at radius 3 is 1.74 bits per heavy atom. The summed E-state index contributed by atoms with van der Waals surface area (Å²) in [5.41, 5.74) is 3.48. The molecule has 2 fully saturated rings. The fourth-order valence-corrected chi connectivity index (χ4v) is 4.12. The summed E-state index contributed by atoms with van der Waals surface area (Å²) < 4.78 is 0. The first-order valence-corrected chi connectivity index (χ1v) is 9.91. The van der Waals surface area contributed by atoms with Crippen LogP contribution in [0.15, 0.2) is 12.1 Å². The summed E-state index contributed by atoms with van der Waals surface area (Å²) in [6.45, 7) is 17.6. The molecule has 27 heavy (non-hydrogen) atoms. The van der Waals surface area contributed by atoms with Gasteiger partial charge in [0.25, 0.3) is 0 Å². The molecule has 1 aliphatic heterocycles. The van der Waals surface area contributed by atoms with Gasteiger partial charge < -0.3 is 10.4 Å². The van der Waals surface area contributed by atoms with Crippen molar-refractivity contribution in [3.05, 3.63) is 28.8 Å². The maximum atomic E-state index is 11.0. The highest BCUT2D eigenvalue weighted by molar-refractivity contribution is 5.85. The largest absolute Gasteiger partial charge is 0.507 e. The Labute approximate surface area is 178 Å². The number of hydrogen-bond acceptors (Lipinski definition) is 3. The van der Waals surface area contributed by atoms with Crippen molar-refractivity contribution in [1.29, 1.82) is 0 Å². The average Bonchev–Trinajstić information content (AvgIpc) is 3.32. The smallest absolute Gasteiger partial charge is 0.123 e. The van der Waals surface area contributed by atoms with Crippen LogP contribution in [0.2, 0.25) is 0 Å². The van der Waals surface area contributed by atoms with Crippen molar-refractivity contribution in [1.82, 2.24) is 10.2 Å². The Hall–Kier alpha value is -0.480. The van der Waals surface area contributed by atoms with Gasteiger partial charge in [0.05, 0.1) is 0 Å². The maximum absolute atomic E-state index is 11.0. The van der Waals surface area contributed by atoms with Crippen LogP contribution in [0.5, 0.6) is 5.75 Å². The molecule has 1 heterocycles. The highest BCUT2D eigenvalue weighted by Gasteiger charge is 2.38. The molecule has 3 rings (SSSR count). The second kappa shape index (κ2) is 8.90. The number of phenols is 1. The number of piperazine rings is 1. The molecule has 0 unspecified atom stereocenters. The number of nitrogens with one attached hydrogen (secondary N) is 1. The zero-order valence-corrected chi connectivity index (χ0v) is 19.4. The lowest BCUT2D eigenvalue weighted by Gasteiger charge is -2.37. The van der Waals surface area contributed by atoms with Gasteiger partial charge >= 0.3 is 0 Å².